The van der Waals surface area contributed by atoms with E-state index in [0.29, 0.717) is 31.9 Å². The van der Waals surface area contributed by atoms with Crippen LogP contribution in [0.2, 0.25) is 0 Å². The summed E-state index contributed by atoms with van der Waals surface area (Å²) in [5.41, 5.74) is 1.43. The van der Waals surface area contributed by atoms with Crippen molar-refractivity contribution in [3.05, 3.63) is 54.4 Å². The van der Waals surface area contributed by atoms with E-state index >= 15 is 0 Å². The second kappa shape index (κ2) is 5.79. The van der Waals surface area contributed by atoms with Crippen LogP contribution in [0.1, 0.15) is 24.3 Å². The summed E-state index contributed by atoms with van der Waals surface area (Å²) in [6.45, 7) is 1.84. The molecule has 0 unspecified atom stereocenters. The SMILES string of the molecule is O=C(N1CCc2oc(-c3cccnc3)nc2C1)C1(Cn2cccn2)CC1. The average Bonchev–Trinajstić information content (AvgIpc) is 3.08. The van der Waals surface area contributed by atoms with Crippen LogP contribution in [0.5, 0.6) is 0 Å². The van der Waals surface area contributed by atoms with Gasteiger partial charge in [0, 0.05) is 37.8 Å². The molecule has 7 heteroatoms. The first-order valence-electron chi connectivity index (χ1n) is 8.89. The monoisotopic (exact) mass is 349 g/mol. The number of fused-ring (bicyclic) bond motifs is 1. The van der Waals surface area contributed by atoms with Crippen LogP contribution in [0, 0.1) is 5.41 Å². The van der Waals surface area contributed by atoms with E-state index in [2.05, 4.69) is 15.1 Å². The van der Waals surface area contributed by atoms with E-state index < -0.39 is 0 Å². The number of oxazole rings is 1. The second-order valence-corrected chi connectivity index (χ2v) is 7.09. The first-order chi connectivity index (χ1) is 12.7. The lowest BCUT2D eigenvalue weighted by Crippen LogP contribution is -2.42. The van der Waals surface area contributed by atoms with Crippen LogP contribution in [-0.2, 0) is 24.3 Å². The summed E-state index contributed by atoms with van der Waals surface area (Å²) < 4.78 is 7.76. The Hall–Kier alpha value is -2.96. The van der Waals surface area contributed by atoms with Crippen molar-refractivity contribution in [2.75, 3.05) is 6.54 Å². The van der Waals surface area contributed by atoms with E-state index in [-0.39, 0.29) is 11.3 Å². The smallest absolute Gasteiger partial charge is 0.231 e. The molecular formula is C19H19N5O2. The number of rotatable bonds is 4. The van der Waals surface area contributed by atoms with E-state index in [1.807, 2.05) is 34.0 Å². The lowest BCUT2D eigenvalue weighted by molar-refractivity contribution is -0.138. The predicted octanol–water partition coefficient (Wildman–Crippen LogP) is 2.30. The van der Waals surface area contributed by atoms with Gasteiger partial charge < -0.3 is 9.32 Å². The molecule has 0 bridgehead atoms. The molecule has 5 rings (SSSR count). The van der Waals surface area contributed by atoms with Gasteiger partial charge in [0.1, 0.15) is 11.5 Å². The summed E-state index contributed by atoms with van der Waals surface area (Å²) in [6.07, 6.45) is 9.68. The molecule has 0 atom stereocenters. The second-order valence-electron chi connectivity index (χ2n) is 7.09. The van der Waals surface area contributed by atoms with Gasteiger partial charge in [-0.25, -0.2) is 4.98 Å². The van der Waals surface area contributed by atoms with E-state index in [0.717, 1.165) is 29.9 Å². The lowest BCUT2D eigenvalue weighted by atomic mass is 10.0. The lowest BCUT2D eigenvalue weighted by Gasteiger charge is -2.29. The number of hydrogen-bond acceptors (Lipinski definition) is 5. The van der Waals surface area contributed by atoms with Gasteiger partial charge in [-0.05, 0) is 31.0 Å². The van der Waals surface area contributed by atoms with E-state index in [4.69, 9.17) is 4.42 Å². The van der Waals surface area contributed by atoms with Gasteiger partial charge in [0.05, 0.1) is 24.1 Å². The van der Waals surface area contributed by atoms with Crippen LogP contribution in [0.3, 0.4) is 0 Å². The molecule has 1 fully saturated rings. The highest BCUT2D eigenvalue weighted by atomic mass is 16.4. The van der Waals surface area contributed by atoms with Crippen molar-refractivity contribution in [3.63, 3.8) is 0 Å². The Balaban J connectivity index is 1.34. The maximum atomic E-state index is 13.1. The Kier molecular flexibility index (Phi) is 3.41. The number of aromatic nitrogens is 4. The molecule has 0 N–H and O–H groups in total. The largest absolute Gasteiger partial charge is 0.441 e. The van der Waals surface area contributed by atoms with Crippen molar-refractivity contribution < 1.29 is 9.21 Å². The average molecular weight is 349 g/mol. The molecule has 3 aromatic rings. The summed E-state index contributed by atoms with van der Waals surface area (Å²) in [4.78, 5) is 23.8. The molecule has 26 heavy (non-hydrogen) atoms. The minimum Gasteiger partial charge on any atom is -0.441 e. The number of amides is 1. The number of nitrogens with zero attached hydrogens (tertiary/aromatic N) is 5. The molecule has 0 radical (unpaired) electrons. The summed E-state index contributed by atoms with van der Waals surface area (Å²) >= 11 is 0. The van der Waals surface area contributed by atoms with Crippen LogP contribution in [0.4, 0.5) is 0 Å². The molecule has 1 aliphatic carbocycles. The van der Waals surface area contributed by atoms with Gasteiger partial charge >= 0.3 is 0 Å². The fourth-order valence-corrected chi connectivity index (χ4v) is 3.61. The highest BCUT2D eigenvalue weighted by molar-refractivity contribution is 5.85. The van der Waals surface area contributed by atoms with Crippen molar-refractivity contribution in [1.29, 1.82) is 0 Å². The minimum atomic E-state index is -0.292. The summed E-state index contributed by atoms with van der Waals surface area (Å²) in [7, 11) is 0. The van der Waals surface area contributed by atoms with Gasteiger partial charge in [0.25, 0.3) is 0 Å². The Bertz CT molecular complexity index is 928. The van der Waals surface area contributed by atoms with Crippen molar-refractivity contribution in [3.8, 4) is 11.5 Å². The Morgan fingerprint density at radius 1 is 1.27 bits per heavy atom. The third-order valence-electron chi connectivity index (χ3n) is 5.25. The zero-order valence-corrected chi connectivity index (χ0v) is 14.3. The van der Waals surface area contributed by atoms with Crippen LogP contribution in [0.25, 0.3) is 11.5 Å². The molecule has 2 aliphatic rings. The Morgan fingerprint density at radius 2 is 2.19 bits per heavy atom. The standard InChI is InChI=1S/C19H19N5O2/c25-18(19(5-6-19)13-24-9-2-8-21-24)23-10-4-16-15(12-23)22-17(26-16)14-3-1-7-20-11-14/h1-3,7-9,11H,4-6,10,12-13H2. The molecule has 1 aliphatic heterocycles. The molecule has 4 heterocycles. The van der Waals surface area contributed by atoms with E-state index in [1.165, 1.54) is 0 Å². The van der Waals surface area contributed by atoms with Crippen LogP contribution in [0.15, 0.2) is 47.4 Å². The fourth-order valence-electron chi connectivity index (χ4n) is 3.61. The Labute approximate surface area is 150 Å². The fraction of sp³-hybridized carbons (Fsp3) is 0.368. The zero-order valence-electron chi connectivity index (χ0n) is 14.3. The topological polar surface area (TPSA) is 77.0 Å². The summed E-state index contributed by atoms with van der Waals surface area (Å²) in [5, 5.41) is 4.25. The first-order valence-corrected chi connectivity index (χ1v) is 8.89. The maximum absolute atomic E-state index is 13.1. The van der Waals surface area contributed by atoms with Gasteiger partial charge in [0.2, 0.25) is 11.8 Å². The number of pyridine rings is 1. The van der Waals surface area contributed by atoms with Crippen LogP contribution < -0.4 is 0 Å². The van der Waals surface area contributed by atoms with Gasteiger partial charge in [-0.15, -0.1) is 0 Å². The summed E-state index contributed by atoms with van der Waals surface area (Å²) in [6, 6.07) is 5.68. The quantitative estimate of drug-likeness (QED) is 0.722. The van der Waals surface area contributed by atoms with Crippen LogP contribution >= 0.6 is 0 Å². The number of hydrogen-bond donors (Lipinski definition) is 0. The molecule has 0 saturated heterocycles. The molecule has 3 aromatic heterocycles. The van der Waals surface area contributed by atoms with Crippen molar-refractivity contribution in [1.82, 2.24) is 24.6 Å². The molecular weight excluding hydrogens is 330 g/mol. The minimum absolute atomic E-state index is 0.213. The number of carbonyl (C=O) groups is 1. The van der Waals surface area contributed by atoms with Gasteiger partial charge in [-0.1, -0.05) is 0 Å². The van der Waals surface area contributed by atoms with Gasteiger partial charge in [0.15, 0.2) is 0 Å². The van der Waals surface area contributed by atoms with Gasteiger partial charge in [-0.3, -0.25) is 14.5 Å². The molecule has 132 valence electrons. The molecule has 7 nitrogen and oxygen atoms in total. The summed E-state index contributed by atoms with van der Waals surface area (Å²) in [5.74, 6) is 1.67. The zero-order chi connectivity index (χ0) is 17.6. The van der Waals surface area contributed by atoms with Crippen molar-refractivity contribution in [2.45, 2.75) is 32.4 Å². The predicted molar refractivity (Wildman–Crippen MR) is 92.7 cm³/mol. The van der Waals surface area contributed by atoms with Crippen molar-refractivity contribution in [2.24, 2.45) is 5.41 Å². The van der Waals surface area contributed by atoms with Gasteiger partial charge in [-0.2, -0.15) is 5.10 Å². The first kappa shape index (κ1) is 15.3. The highest BCUT2D eigenvalue weighted by Gasteiger charge is 2.52. The molecule has 1 saturated carbocycles. The third-order valence-corrected chi connectivity index (χ3v) is 5.25. The molecule has 0 aromatic carbocycles. The normalized spacial score (nSPS) is 17.8. The molecule has 1 amide bonds. The van der Waals surface area contributed by atoms with Crippen molar-refractivity contribution >= 4 is 5.91 Å². The third kappa shape index (κ3) is 2.60. The highest BCUT2D eigenvalue weighted by Crippen LogP contribution is 2.49. The van der Waals surface area contributed by atoms with E-state index in [9.17, 15) is 4.79 Å². The van der Waals surface area contributed by atoms with E-state index in [1.54, 1.807) is 18.6 Å². The number of carbonyl (C=O) groups excluding carboxylic acids is 1. The van der Waals surface area contributed by atoms with Crippen LogP contribution in [-0.4, -0.2) is 37.1 Å². The maximum Gasteiger partial charge on any atom is 0.231 e. The molecule has 0 spiro atoms. The Morgan fingerprint density at radius 3 is 2.92 bits per heavy atom.